The van der Waals surface area contributed by atoms with Crippen LogP contribution in [0, 0.1) is 5.82 Å². The monoisotopic (exact) mass is 475 g/mol. The highest BCUT2D eigenvalue weighted by molar-refractivity contribution is 6.12. The van der Waals surface area contributed by atoms with E-state index in [0.717, 1.165) is 24.0 Å². The molecule has 1 aliphatic rings. The quantitative estimate of drug-likeness (QED) is 0.325. The second kappa shape index (κ2) is 10.1. The van der Waals surface area contributed by atoms with Gasteiger partial charge in [-0.3, -0.25) is 9.69 Å². The molecule has 0 atom stereocenters. The van der Waals surface area contributed by atoms with Gasteiger partial charge in [-0.25, -0.2) is 9.37 Å². The van der Waals surface area contributed by atoms with E-state index < -0.39 is 5.82 Å². The molecule has 3 heterocycles. The van der Waals surface area contributed by atoms with E-state index in [4.69, 9.17) is 5.11 Å². The van der Waals surface area contributed by atoms with Crippen LogP contribution in [-0.4, -0.2) is 70.2 Å². The van der Waals surface area contributed by atoms with Crippen molar-refractivity contribution in [2.45, 2.75) is 0 Å². The fraction of sp³-hybridized carbons (Fsp3) is 0.240. The van der Waals surface area contributed by atoms with Crippen LogP contribution in [0.15, 0.2) is 60.9 Å². The highest BCUT2D eigenvalue weighted by Crippen LogP contribution is 2.23. The molecule has 0 unspecified atom stereocenters. The van der Waals surface area contributed by atoms with E-state index >= 15 is 0 Å². The highest BCUT2D eigenvalue weighted by Gasteiger charge is 2.20. The van der Waals surface area contributed by atoms with Crippen molar-refractivity contribution in [2.24, 2.45) is 0 Å². The number of H-pyrrole nitrogens is 1. The number of hydrogen-bond donors (Lipinski definition) is 4. The summed E-state index contributed by atoms with van der Waals surface area (Å²) in [5.74, 6) is -0.221. The SMILES string of the molecule is O=C(Nc1ccc(Nc2nc(N3CCN(CCO)CC3)ncc2F)cc1)c1c[nH]c2ccccc12. The zero-order valence-corrected chi connectivity index (χ0v) is 19.0. The molecular formula is C25H26FN7O2. The smallest absolute Gasteiger partial charge is 0.257 e. The molecule has 9 nitrogen and oxygen atoms in total. The van der Waals surface area contributed by atoms with Gasteiger partial charge in [-0.05, 0) is 30.3 Å². The summed E-state index contributed by atoms with van der Waals surface area (Å²) in [5, 5.41) is 15.8. The molecule has 1 aliphatic heterocycles. The molecular weight excluding hydrogens is 449 g/mol. The number of nitrogens with one attached hydrogen (secondary N) is 3. The van der Waals surface area contributed by atoms with Crippen molar-refractivity contribution >= 4 is 40.0 Å². The molecule has 0 aliphatic carbocycles. The molecule has 35 heavy (non-hydrogen) atoms. The van der Waals surface area contributed by atoms with Crippen LogP contribution in [0.2, 0.25) is 0 Å². The largest absolute Gasteiger partial charge is 0.395 e. The Kier molecular flexibility index (Phi) is 6.55. The topological polar surface area (TPSA) is 109 Å². The number of para-hydroxylation sites is 1. The molecule has 4 aromatic rings. The molecule has 0 saturated carbocycles. The van der Waals surface area contributed by atoms with Crippen LogP contribution in [0.1, 0.15) is 10.4 Å². The standard InChI is InChI=1S/C25H26FN7O2/c26-21-16-28-25(33-11-9-32(10-12-33)13-14-34)31-23(21)29-17-5-7-18(8-6-17)30-24(35)20-15-27-22-4-2-1-3-19(20)22/h1-8,15-16,27,34H,9-14H2,(H,30,35)(H,28,29,31). The Labute approximate surface area is 201 Å². The van der Waals surface area contributed by atoms with Crippen LogP contribution in [0.5, 0.6) is 0 Å². The summed E-state index contributed by atoms with van der Waals surface area (Å²) < 4.78 is 14.4. The maximum atomic E-state index is 14.4. The fourth-order valence-corrected chi connectivity index (χ4v) is 4.14. The van der Waals surface area contributed by atoms with E-state index in [9.17, 15) is 9.18 Å². The van der Waals surface area contributed by atoms with Crippen LogP contribution in [0.25, 0.3) is 10.9 Å². The number of anilines is 4. The Morgan fingerprint density at radius 2 is 1.80 bits per heavy atom. The first kappa shape index (κ1) is 22.8. The van der Waals surface area contributed by atoms with Crippen molar-refractivity contribution in [3.05, 3.63) is 72.3 Å². The first-order valence-corrected chi connectivity index (χ1v) is 11.5. The number of piperazine rings is 1. The molecule has 4 N–H and O–H groups in total. The number of aromatic amines is 1. The van der Waals surface area contributed by atoms with Crippen LogP contribution in [0.4, 0.5) is 27.5 Å². The average molecular weight is 476 g/mol. The maximum absolute atomic E-state index is 14.4. The average Bonchev–Trinajstić information content (AvgIpc) is 3.32. The van der Waals surface area contributed by atoms with Crippen molar-refractivity contribution in [2.75, 3.05) is 54.9 Å². The molecule has 0 bridgehead atoms. The van der Waals surface area contributed by atoms with E-state index in [1.54, 1.807) is 30.5 Å². The summed E-state index contributed by atoms with van der Waals surface area (Å²) in [6, 6.07) is 14.6. The third-order valence-corrected chi connectivity index (χ3v) is 6.04. The first-order valence-electron chi connectivity index (χ1n) is 11.5. The van der Waals surface area contributed by atoms with Crippen molar-refractivity contribution < 1.29 is 14.3 Å². The number of benzene rings is 2. The zero-order valence-electron chi connectivity index (χ0n) is 19.0. The number of β-amino-alcohol motifs (C(OH)–C–C–N with tert-alkyl or cyclic N) is 1. The Morgan fingerprint density at radius 3 is 2.57 bits per heavy atom. The van der Waals surface area contributed by atoms with E-state index in [1.807, 2.05) is 29.2 Å². The van der Waals surface area contributed by atoms with Crippen LogP contribution in [0.3, 0.4) is 0 Å². The molecule has 10 heteroatoms. The summed E-state index contributed by atoms with van der Waals surface area (Å²) in [6.07, 6.45) is 2.86. The fourth-order valence-electron chi connectivity index (χ4n) is 4.14. The van der Waals surface area contributed by atoms with Crippen LogP contribution >= 0.6 is 0 Å². The van der Waals surface area contributed by atoms with Gasteiger partial charge in [0, 0.05) is 61.2 Å². The molecule has 1 saturated heterocycles. The number of aliphatic hydroxyl groups is 1. The first-order chi connectivity index (χ1) is 17.1. The second-order valence-corrected chi connectivity index (χ2v) is 8.32. The number of hydrogen-bond acceptors (Lipinski definition) is 7. The zero-order chi connectivity index (χ0) is 24.2. The predicted molar refractivity (Wildman–Crippen MR) is 134 cm³/mol. The Morgan fingerprint density at radius 1 is 1.06 bits per heavy atom. The van der Waals surface area contributed by atoms with Gasteiger partial charge in [-0.15, -0.1) is 0 Å². The van der Waals surface area contributed by atoms with Gasteiger partial charge >= 0.3 is 0 Å². The minimum absolute atomic E-state index is 0.0864. The van der Waals surface area contributed by atoms with E-state index in [1.165, 1.54) is 6.20 Å². The van der Waals surface area contributed by atoms with E-state index in [-0.39, 0.29) is 18.3 Å². The van der Waals surface area contributed by atoms with Gasteiger partial charge in [0.15, 0.2) is 11.6 Å². The van der Waals surface area contributed by atoms with Gasteiger partial charge < -0.3 is 25.6 Å². The summed E-state index contributed by atoms with van der Waals surface area (Å²) in [5.41, 5.74) is 2.72. The van der Waals surface area contributed by atoms with Crippen molar-refractivity contribution in [1.29, 1.82) is 0 Å². The van der Waals surface area contributed by atoms with Gasteiger partial charge in [0.25, 0.3) is 5.91 Å². The Balaban J connectivity index is 1.24. The molecule has 2 aromatic heterocycles. The molecule has 5 rings (SSSR count). The minimum Gasteiger partial charge on any atom is -0.395 e. The van der Waals surface area contributed by atoms with Gasteiger partial charge in [0.1, 0.15) is 0 Å². The summed E-state index contributed by atoms with van der Waals surface area (Å²) >= 11 is 0. The molecule has 0 radical (unpaired) electrons. The number of aliphatic hydroxyl groups excluding tert-OH is 1. The number of carbonyl (C=O) groups excluding carboxylic acids is 1. The lowest BCUT2D eigenvalue weighted by molar-refractivity contribution is 0.102. The lowest BCUT2D eigenvalue weighted by atomic mass is 10.1. The van der Waals surface area contributed by atoms with E-state index in [2.05, 4.69) is 30.5 Å². The number of fused-ring (bicyclic) bond motifs is 1. The predicted octanol–water partition coefficient (Wildman–Crippen LogP) is 3.21. The van der Waals surface area contributed by atoms with Crippen molar-refractivity contribution in [3.63, 3.8) is 0 Å². The maximum Gasteiger partial charge on any atom is 0.257 e. The number of nitrogens with zero attached hydrogens (tertiary/aromatic N) is 4. The molecule has 1 amide bonds. The number of halogens is 1. The third-order valence-electron chi connectivity index (χ3n) is 6.04. The molecule has 0 spiro atoms. The number of aromatic nitrogens is 3. The van der Waals surface area contributed by atoms with Crippen LogP contribution < -0.4 is 15.5 Å². The van der Waals surface area contributed by atoms with Crippen molar-refractivity contribution in [1.82, 2.24) is 19.9 Å². The van der Waals surface area contributed by atoms with Gasteiger partial charge in [0.2, 0.25) is 5.95 Å². The second-order valence-electron chi connectivity index (χ2n) is 8.32. The highest BCUT2D eigenvalue weighted by atomic mass is 19.1. The lowest BCUT2D eigenvalue weighted by Gasteiger charge is -2.34. The van der Waals surface area contributed by atoms with Gasteiger partial charge in [0.05, 0.1) is 18.4 Å². The Hall–Kier alpha value is -4.02. The molecule has 2 aromatic carbocycles. The summed E-state index contributed by atoms with van der Waals surface area (Å²) in [7, 11) is 0. The van der Waals surface area contributed by atoms with Gasteiger partial charge in [-0.1, -0.05) is 18.2 Å². The van der Waals surface area contributed by atoms with Crippen LogP contribution in [-0.2, 0) is 0 Å². The third kappa shape index (κ3) is 5.08. The summed E-state index contributed by atoms with van der Waals surface area (Å²) in [4.78, 5) is 28.5. The normalized spacial score (nSPS) is 14.3. The lowest BCUT2D eigenvalue weighted by Crippen LogP contribution is -2.47. The minimum atomic E-state index is -0.551. The van der Waals surface area contributed by atoms with E-state index in [0.29, 0.717) is 42.5 Å². The summed E-state index contributed by atoms with van der Waals surface area (Å²) in [6.45, 7) is 3.76. The number of amides is 1. The number of carbonyl (C=O) groups is 1. The molecule has 1 fully saturated rings. The molecule has 180 valence electrons. The number of rotatable bonds is 7. The van der Waals surface area contributed by atoms with Gasteiger partial charge in [-0.2, -0.15) is 4.98 Å². The van der Waals surface area contributed by atoms with Crippen molar-refractivity contribution in [3.8, 4) is 0 Å². The Bertz CT molecular complexity index is 1320.